The van der Waals surface area contributed by atoms with E-state index in [4.69, 9.17) is 4.74 Å². The van der Waals surface area contributed by atoms with Gasteiger partial charge in [-0.25, -0.2) is 4.98 Å². The highest BCUT2D eigenvalue weighted by Gasteiger charge is 2.31. The van der Waals surface area contributed by atoms with Crippen molar-refractivity contribution in [1.82, 2.24) is 9.88 Å². The number of hydrogen-bond donors (Lipinski definition) is 1. The maximum Gasteiger partial charge on any atom is 0.228 e. The zero-order chi connectivity index (χ0) is 21.6. The molecule has 6 heteroatoms. The lowest BCUT2D eigenvalue weighted by atomic mass is 9.90. The number of nitrogens with zero attached hydrogens (tertiary/aromatic N) is 2. The third-order valence-corrected chi connectivity index (χ3v) is 6.42. The molecule has 1 aliphatic heterocycles. The fraction of sp³-hybridized carbons (Fsp3) is 0.480. The lowest BCUT2D eigenvalue weighted by Gasteiger charge is -2.36. The molecule has 2 aromatic rings. The summed E-state index contributed by atoms with van der Waals surface area (Å²) in [6.45, 7) is 2.85. The van der Waals surface area contributed by atoms with Crippen molar-refractivity contribution in [3.63, 3.8) is 0 Å². The molecule has 2 amide bonds. The van der Waals surface area contributed by atoms with Crippen LogP contribution in [0.25, 0.3) is 0 Å². The molecule has 1 saturated carbocycles. The van der Waals surface area contributed by atoms with Gasteiger partial charge in [0.15, 0.2) is 11.6 Å². The zero-order valence-electron chi connectivity index (χ0n) is 18.2. The smallest absolute Gasteiger partial charge is 0.228 e. The third kappa shape index (κ3) is 5.24. The minimum atomic E-state index is -0.266. The molecule has 1 aromatic heterocycles. The minimum absolute atomic E-state index is 0.0124. The summed E-state index contributed by atoms with van der Waals surface area (Å²) in [5.41, 5.74) is 2.25. The Kier molecular flexibility index (Phi) is 6.85. The predicted molar refractivity (Wildman–Crippen MR) is 120 cm³/mol. The van der Waals surface area contributed by atoms with Crippen LogP contribution in [0.3, 0.4) is 0 Å². The number of amides is 2. The van der Waals surface area contributed by atoms with E-state index in [-0.39, 0.29) is 24.3 Å². The van der Waals surface area contributed by atoms with Gasteiger partial charge in [0, 0.05) is 19.7 Å². The highest BCUT2D eigenvalue weighted by atomic mass is 16.5. The van der Waals surface area contributed by atoms with Gasteiger partial charge in [-0.15, -0.1) is 0 Å². The van der Waals surface area contributed by atoms with Crippen LogP contribution < -0.4 is 10.1 Å². The van der Waals surface area contributed by atoms with Gasteiger partial charge in [0.1, 0.15) is 0 Å². The molecule has 2 heterocycles. The van der Waals surface area contributed by atoms with E-state index in [9.17, 15) is 9.59 Å². The van der Waals surface area contributed by atoms with Crippen LogP contribution in [0.5, 0.6) is 5.75 Å². The monoisotopic (exact) mass is 421 g/mol. The maximum absolute atomic E-state index is 13.0. The van der Waals surface area contributed by atoms with Crippen molar-refractivity contribution in [2.75, 3.05) is 18.5 Å². The van der Waals surface area contributed by atoms with Crippen molar-refractivity contribution < 1.29 is 14.3 Å². The van der Waals surface area contributed by atoms with Crippen LogP contribution in [-0.2, 0) is 16.0 Å². The van der Waals surface area contributed by atoms with Crippen molar-refractivity contribution in [1.29, 1.82) is 0 Å². The summed E-state index contributed by atoms with van der Waals surface area (Å²) in [6.07, 6.45) is 8.89. The maximum atomic E-state index is 13.0. The van der Waals surface area contributed by atoms with Crippen molar-refractivity contribution in [2.24, 2.45) is 5.92 Å². The number of hydrogen-bond acceptors (Lipinski definition) is 4. The highest BCUT2D eigenvalue weighted by molar-refractivity contribution is 5.92. The van der Waals surface area contributed by atoms with E-state index in [1.54, 1.807) is 18.0 Å². The molecule has 1 atom stereocenters. The predicted octanol–water partition coefficient (Wildman–Crippen LogP) is 4.52. The van der Waals surface area contributed by atoms with Gasteiger partial charge in [0.2, 0.25) is 11.8 Å². The topological polar surface area (TPSA) is 71.5 Å². The molecule has 1 fully saturated rings. The van der Waals surface area contributed by atoms with Gasteiger partial charge in [-0.1, -0.05) is 43.5 Å². The molecule has 0 bridgehead atoms. The van der Waals surface area contributed by atoms with E-state index < -0.39 is 0 Å². The number of ether oxygens (including phenoxy) is 1. The average molecular weight is 422 g/mol. The summed E-state index contributed by atoms with van der Waals surface area (Å²) < 4.78 is 6.04. The molecule has 0 saturated heterocycles. The number of benzene rings is 1. The van der Waals surface area contributed by atoms with Crippen molar-refractivity contribution >= 4 is 17.6 Å². The Balaban J connectivity index is 1.44. The summed E-state index contributed by atoms with van der Waals surface area (Å²) >= 11 is 0. The second-order valence-electron chi connectivity index (χ2n) is 8.59. The third-order valence-electron chi connectivity index (χ3n) is 6.42. The first-order valence-electron chi connectivity index (χ1n) is 11.3. The molecule has 1 unspecified atom stereocenters. The summed E-state index contributed by atoms with van der Waals surface area (Å²) in [6, 6.07) is 11.5. The SMILES string of the molecule is CC(=O)N1CCc2ccccc2C1CC(=O)Nc1ncccc1OCC1CCCCC1. The van der Waals surface area contributed by atoms with Crippen LogP contribution in [0.2, 0.25) is 0 Å². The first-order chi connectivity index (χ1) is 15.1. The standard InChI is InChI=1S/C25H31N3O3/c1-18(29)28-15-13-20-10-5-6-11-21(20)22(28)16-24(30)27-25-23(12-7-14-26-25)31-17-19-8-3-2-4-9-19/h5-7,10-12,14,19,22H,2-4,8-9,13,15-17H2,1H3,(H,26,27,30). The Labute approximate surface area is 184 Å². The van der Waals surface area contributed by atoms with E-state index in [0.29, 0.717) is 30.6 Å². The molecular formula is C25H31N3O3. The van der Waals surface area contributed by atoms with E-state index >= 15 is 0 Å². The van der Waals surface area contributed by atoms with Gasteiger partial charge in [0.25, 0.3) is 0 Å². The van der Waals surface area contributed by atoms with E-state index in [0.717, 1.165) is 12.0 Å². The van der Waals surface area contributed by atoms with Gasteiger partial charge < -0.3 is 15.0 Å². The summed E-state index contributed by atoms with van der Waals surface area (Å²) in [4.78, 5) is 31.3. The molecule has 164 valence electrons. The van der Waals surface area contributed by atoms with Gasteiger partial charge in [-0.3, -0.25) is 9.59 Å². The molecule has 1 N–H and O–H groups in total. The largest absolute Gasteiger partial charge is 0.489 e. The minimum Gasteiger partial charge on any atom is -0.489 e. The van der Waals surface area contributed by atoms with E-state index in [2.05, 4.69) is 16.4 Å². The lowest BCUT2D eigenvalue weighted by Crippen LogP contribution is -2.40. The number of rotatable bonds is 6. The number of pyridine rings is 1. The number of carbonyl (C=O) groups is 2. The Morgan fingerprint density at radius 1 is 1.13 bits per heavy atom. The number of nitrogens with one attached hydrogen (secondary N) is 1. The van der Waals surface area contributed by atoms with Crippen molar-refractivity contribution in [2.45, 2.75) is 57.9 Å². The van der Waals surface area contributed by atoms with Crippen LogP contribution in [-0.4, -0.2) is 34.8 Å². The lowest BCUT2D eigenvalue weighted by molar-refractivity contribution is -0.132. The van der Waals surface area contributed by atoms with Crippen LogP contribution >= 0.6 is 0 Å². The Bertz CT molecular complexity index is 924. The van der Waals surface area contributed by atoms with Crippen LogP contribution in [0.15, 0.2) is 42.6 Å². The van der Waals surface area contributed by atoms with E-state index in [1.807, 2.05) is 30.3 Å². The number of fused-ring (bicyclic) bond motifs is 1. The number of anilines is 1. The molecule has 31 heavy (non-hydrogen) atoms. The summed E-state index contributed by atoms with van der Waals surface area (Å²) in [7, 11) is 0. The number of aromatic nitrogens is 1. The highest BCUT2D eigenvalue weighted by Crippen LogP contribution is 2.33. The Morgan fingerprint density at radius 3 is 2.74 bits per heavy atom. The number of carbonyl (C=O) groups excluding carboxylic acids is 2. The Hall–Kier alpha value is -2.89. The Morgan fingerprint density at radius 2 is 1.94 bits per heavy atom. The quantitative estimate of drug-likeness (QED) is 0.745. The van der Waals surface area contributed by atoms with Crippen LogP contribution in [0, 0.1) is 5.92 Å². The molecule has 6 nitrogen and oxygen atoms in total. The first-order valence-corrected chi connectivity index (χ1v) is 11.3. The van der Waals surface area contributed by atoms with Gasteiger partial charge in [-0.05, 0) is 48.4 Å². The van der Waals surface area contributed by atoms with E-state index in [1.165, 1.54) is 37.7 Å². The van der Waals surface area contributed by atoms with Gasteiger partial charge in [-0.2, -0.15) is 0 Å². The molecule has 1 aromatic carbocycles. The fourth-order valence-electron chi connectivity index (χ4n) is 4.77. The zero-order valence-corrected chi connectivity index (χ0v) is 18.2. The fourth-order valence-corrected chi connectivity index (χ4v) is 4.77. The van der Waals surface area contributed by atoms with Gasteiger partial charge in [0.05, 0.1) is 19.1 Å². The van der Waals surface area contributed by atoms with Crippen LogP contribution in [0.1, 0.15) is 62.6 Å². The normalized spacial score (nSPS) is 18.9. The molecular weight excluding hydrogens is 390 g/mol. The van der Waals surface area contributed by atoms with Crippen molar-refractivity contribution in [3.8, 4) is 5.75 Å². The molecule has 0 radical (unpaired) electrons. The molecule has 0 spiro atoms. The second-order valence-corrected chi connectivity index (χ2v) is 8.59. The van der Waals surface area contributed by atoms with Gasteiger partial charge >= 0.3 is 0 Å². The van der Waals surface area contributed by atoms with Crippen LogP contribution in [0.4, 0.5) is 5.82 Å². The molecule has 4 rings (SSSR count). The average Bonchev–Trinajstić information content (AvgIpc) is 2.79. The second kappa shape index (κ2) is 9.94. The summed E-state index contributed by atoms with van der Waals surface area (Å²) in [5, 5.41) is 2.92. The molecule has 1 aliphatic carbocycles. The molecule has 2 aliphatic rings. The first kappa shape index (κ1) is 21.3. The van der Waals surface area contributed by atoms with Crippen molar-refractivity contribution in [3.05, 3.63) is 53.7 Å². The summed E-state index contributed by atoms with van der Waals surface area (Å²) in [5.74, 6) is 1.44.